The predicted octanol–water partition coefficient (Wildman–Crippen LogP) is 1.03. The van der Waals surface area contributed by atoms with Crippen molar-refractivity contribution < 1.29 is 13.2 Å². The van der Waals surface area contributed by atoms with Gasteiger partial charge in [-0.2, -0.15) is 0 Å². The number of sulfonamides is 1. The second kappa shape index (κ2) is 5.79. The van der Waals surface area contributed by atoms with Crippen molar-refractivity contribution in [3.8, 4) is 0 Å². The molecule has 1 aromatic rings. The number of allylic oxidation sites excluding steroid dienone is 1. The fraction of sp³-hybridized carbons (Fsp3) is 0.250. The molecule has 1 rings (SSSR count). The van der Waals surface area contributed by atoms with E-state index in [9.17, 15) is 13.2 Å². The highest BCUT2D eigenvalue weighted by molar-refractivity contribution is 7.89. The van der Waals surface area contributed by atoms with Crippen molar-refractivity contribution in [3.63, 3.8) is 0 Å². The Labute approximate surface area is 107 Å². The summed E-state index contributed by atoms with van der Waals surface area (Å²) >= 11 is 0. The first-order valence-electron chi connectivity index (χ1n) is 5.35. The van der Waals surface area contributed by atoms with Crippen LogP contribution in [0, 0.1) is 0 Å². The van der Waals surface area contributed by atoms with Crippen molar-refractivity contribution in [1.82, 2.24) is 5.32 Å². The minimum absolute atomic E-state index is 0.0719. The van der Waals surface area contributed by atoms with Crippen LogP contribution in [0.15, 0.2) is 40.8 Å². The summed E-state index contributed by atoms with van der Waals surface area (Å²) in [4.78, 5) is 11.7. The number of nitrogens with two attached hydrogens (primary N) is 1. The quantitative estimate of drug-likeness (QED) is 0.799. The summed E-state index contributed by atoms with van der Waals surface area (Å²) in [6.45, 7) is 4.25. The maximum atomic E-state index is 11.7. The van der Waals surface area contributed by atoms with Gasteiger partial charge in [0.1, 0.15) is 0 Å². The van der Waals surface area contributed by atoms with Crippen LogP contribution in [0.3, 0.4) is 0 Å². The van der Waals surface area contributed by atoms with E-state index in [4.69, 9.17) is 5.14 Å². The summed E-state index contributed by atoms with van der Waals surface area (Å²) in [6.07, 6.45) is 1.86. The molecule has 98 valence electrons. The molecule has 0 atom stereocenters. The molecule has 18 heavy (non-hydrogen) atoms. The van der Waals surface area contributed by atoms with Crippen LogP contribution in [-0.2, 0) is 10.0 Å². The van der Waals surface area contributed by atoms with Gasteiger partial charge in [-0.05, 0) is 32.0 Å². The van der Waals surface area contributed by atoms with E-state index >= 15 is 0 Å². The molecule has 0 aliphatic carbocycles. The molecule has 1 aromatic carbocycles. The van der Waals surface area contributed by atoms with Crippen LogP contribution in [-0.4, -0.2) is 20.9 Å². The van der Waals surface area contributed by atoms with Gasteiger partial charge in [0.25, 0.3) is 5.91 Å². The van der Waals surface area contributed by atoms with Crippen LogP contribution in [0.4, 0.5) is 0 Å². The van der Waals surface area contributed by atoms with Gasteiger partial charge >= 0.3 is 0 Å². The number of hydrogen-bond acceptors (Lipinski definition) is 3. The van der Waals surface area contributed by atoms with E-state index in [0.717, 1.165) is 5.57 Å². The summed E-state index contributed by atoms with van der Waals surface area (Å²) in [5.74, 6) is -0.335. The van der Waals surface area contributed by atoms with Crippen LogP contribution in [0.5, 0.6) is 0 Å². The van der Waals surface area contributed by atoms with Gasteiger partial charge in [0.15, 0.2) is 0 Å². The lowest BCUT2D eigenvalue weighted by Crippen LogP contribution is -2.24. The van der Waals surface area contributed by atoms with E-state index < -0.39 is 10.0 Å². The fourth-order valence-corrected chi connectivity index (χ4v) is 1.82. The van der Waals surface area contributed by atoms with Gasteiger partial charge in [0.2, 0.25) is 10.0 Å². The average Bonchev–Trinajstić information content (AvgIpc) is 2.27. The third-order valence-corrected chi connectivity index (χ3v) is 3.11. The number of carbonyl (C=O) groups excluding carboxylic acids is 1. The van der Waals surface area contributed by atoms with Crippen molar-refractivity contribution in [2.45, 2.75) is 18.7 Å². The zero-order valence-electron chi connectivity index (χ0n) is 10.3. The monoisotopic (exact) mass is 268 g/mol. The van der Waals surface area contributed by atoms with E-state index in [1.165, 1.54) is 24.3 Å². The van der Waals surface area contributed by atoms with Crippen molar-refractivity contribution in [3.05, 3.63) is 41.5 Å². The highest BCUT2D eigenvalue weighted by Crippen LogP contribution is 2.09. The summed E-state index contributed by atoms with van der Waals surface area (Å²) in [7, 11) is -3.78. The van der Waals surface area contributed by atoms with Crippen molar-refractivity contribution >= 4 is 15.9 Å². The van der Waals surface area contributed by atoms with E-state index in [1.807, 2.05) is 19.9 Å². The average molecular weight is 268 g/mol. The van der Waals surface area contributed by atoms with Crippen LogP contribution < -0.4 is 10.5 Å². The largest absolute Gasteiger partial charge is 0.349 e. The van der Waals surface area contributed by atoms with Gasteiger partial charge in [-0.25, -0.2) is 13.6 Å². The van der Waals surface area contributed by atoms with E-state index in [2.05, 4.69) is 5.32 Å². The Hall–Kier alpha value is -1.66. The molecule has 0 bridgehead atoms. The molecule has 1 amide bonds. The maximum absolute atomic E-state index is 11.7. The molecular formula is C12H16N2O3S. The molecule has 0 saturated heterocycles. The highest BCUT2D eigenvalue weighted by Gasteiger charge is 2.11. The Morgan fingerprint density at radius 3 is 2.61 bits per heavy atom. The molecule has 0 aliphatic heterocycles. The summed E-state index contributed by atoms with van der Waals surface area (Å²) in [5.41, 5.74) is 1.36. The lowest BCUT2D eigenvalue weighted by molar-refractivity contribution is 0.0958. The van der Waals surface area contributed by atoms with E-state index in [1.54, 1.807) is 0 Å². The minimum Gasteiger partial charge on any atom is -0.349 e. The van der Waals surface area contributed by atoms with Gasteiger partial charge in [0, 0.05) is 12.1 Å². The lowest BCUT2D eigenvalue weighted by Gasteiger charge is -2.04. The van der Waals surface area contributed by atoms with Crippen molar-refractivity contribution in [2.75, 3.05) is 6.54 Å². The van der Waals surface area contributed by atoms with Gasteiger partial charge in [-0.15, -0.1) is 0 Å². The topological polar surface area (TPSA) is 89.3 Å². The third kappa shape index (κ3) is 4.31. The lowest BCUT2D eigenvalue weighted by atomic mass is 10.2. The van der Waals surface area contributed by atoms with Crippen LogP contribution >= 0.6 is 0 Å². The first kappa shape index (κ1) is 14.4. The Bertz CT molecular complexity index is 573. The zero-order valence-corrected chi connectivity index (χ0v) is 11.1. The van der Waals surface area contributed by atoms with Gasteiger partial charge in [-0.3, -0.25) is 4.79 Å². The second-order valence-corrected chi connectivity index (χ2v) is 5.63. The molecule has 0 aliphatic rings. The van der Waals surface area contributed by atoms with Crippen LogP contribution in [0.25, 0.3) is 0 Å². The second-order valence-electron chi connectivity index (χ2n) is 4.06. The molecule has 0 spiro atoms. The number of benzene rings is 1. The summed E-state index contributed by atoms with van der Waals surface area (Å²) in [6, 6.07) is 5.62. The first-order valence-corrected chi connectivity index (χ1v) is 6.90. The SMILES string of the molecule is CC(C)=CCNC(=O)c1cccc(S(N)(=O)=O)c1. The zero-order chi connectivity index (χ0) is 13.8. The van der Waals surface area contributed by atoms with E-state index in [-0.39, 0.29) is 16.4 Å². The third-order valence-electron chi connectivity index (χ3n) is 2.20. The standard InChI is InChI=1S/C12H16N2O3S/c1-9(2)6-7-14-12(15)10-4-3-5-11(8-10)18(13,16)17/h3-6,8H,7H2,1-2H3,(H,14,15)(H2,13,16,17). The normalized spacial score (nSPS) is 10.8. The number of hydrogen-bond donors (Lipinski definition) is 2. The molecule has 0 saturated carbocycles. The fourth-order valence-electron chi connectivity index (χ4n) is 1.26. The Morgan fingerprint density at radius 2 is 2.06 bits per heavy atom. The van der Waals surface area contributed by atoms with Gasteiger partial charge in [0.05, 0.1) is 4.90 Å². The maximum Gasteiger partial charge on any atom is 0.251 e. The van der Waals surface area contributed by atoms with Crippen LogP contribution in [0.1, 0.15) is 24.2 Å². The Kier molecular flexibility index (Phi) is 4.63. The molecule has 0 aromatic heterocycles. The Balaban J connectivity index is 2.84. The molecule has 3 N–H and O–H groups in total. The summed E-state index contributed by atoms with van der Waals surface area (Å²) in [5, 5.41) is 7.65. The summed E-state index contributed by atoms with van der Waals surface area (Å²) < 4.78 is 22.3. The van der Waals surface area contributed by atoms with Crippen molar-refractivity contribution in [2.24, 2.45) is 5.14 Å². The number of rotatable bonds is 4. The number of carbonyl (C=O) groups is 1. The molecular weight excluding hydrogens is 252 g/mol. The predicted molar refractivity (Wildman–Crippen MR) is 69.6 cm³/mol. The Morgan fingerprint density at radius 1 is 1.39 bits per heavy atom. The minimum atomic E-state index is -3.78. The highest BCUT2D eigenvalue weighted by atomic mass is 32.2. The number of amides is 1. The van der Waals surface area contributed by atoms with E-state index in [0.29, 0.717) is 6.54 Å². The molecule has 6 heteroatoms. The number of nitrogens with one attached hydrogen (secondary N) is 1. The smallest absolute Gasteiger partial charge is 0.251 e. The molecule has 0 unspecified atom stereocenters. The molecule has 5 nitrogen and oxygen atoms in total. The van der Waals surface area contributed by atoms with Gasteiger partial charge in [-0.1, -0.05) is 17.7 Å². The van der Waals surface area contributed by atoms with Crippen LogP contribution in [0.2, 0.25) is 0 Å². The van der Waals surface area contributed by atoms with Gasteiger partial charge < -0.3 is 5.32 Å². The molecule has 0 fully saturated rings. The molecule has 0 radical (unpaired) electrons. The van der Waals surface area contributed by atoms with Crippen molar-refractivity contribution in [1.29, 1.82) is 0 Å². The number of primary sulfonamides is 1. The first-order chi connectivity index (χ1) is 8.30. The molecule has 0 heterocycles.